The summed E-state index contributed by atoms with van der Waals surface area (Å²) < 4.78 is 0. The summed E-state index contributed by atoms with van der Waals surface area (Å²) in [5, 5.41) is 27.6. The molecule has 2 aromatic rings. The van der Waals surface area contributed by atoms with Gasteiger partial charge in [0.1, 0.15) is 0 Å². The fourth-order valence-electron chi connectivity index (χ4n) is 2.54. The number of carboxylic acids is 2. The quantitative estimate of drug-likeness (QED) is 0.561. The highest BCUT2D eigenvalue weighted by Crippen LogP contribution is 2.34. The van der Waals surface area contributed by atoms with Gasteiger partial charge < -0.3 is 10.2 Å². The number of imide groups is 1. The van der Waals surface area contributed by atoms with E-state index in [1.165, 1.54) is 18.2 Å². The molecule has 3 rings (SSSR count). The Morgan fingerprint density at radius 2 is 1.59 bits per heavy atom. The highest BCUT2D eigenvalue weighted by Gasteiger charge is 2.38. The molecule has 1 aliphatic heterocycles. The zero-order valence-corrected chi connectivity index (χ0v) is 10.7. The van der Waals surface area contributed by atoms with Gasteiger partial charge in [-0.2, -0.15) is 0 Å². The Balaban J connectivity index is 2.56. The molecule has 3 N–H and O–H groups in total. The van der Waals surface area contributed by atoms with Crippen LogP contribution in [0.25, 0.3) is 10.8 Å². The second kappa shape index (κ2) is 4.37. The second-order valence-corrected chi connectivity index (χ2v) is 4.61. The summed E-state index contributed by atoms with van der Waals surface area (Å²) in [6.07, 6.45) is 0. The highest BCUT2D eigenvalue weighted by molar-refractivity contribution is 6.29. The van der Waals surface area contributed by atoms with E-state index in [0.717, 1.165) is 6.07 Å². The number of benzene rings is 2. The van der Waals surface area contributed by atoms with Gasteiger partial charge >= 0.3 is 11.9 Å². The molecule has 1 heterocycles. The summed E-state index contributed by atoms with van der Waals surface area (Å²) in [4.78, 5) is 46.4. The lowest BCUT2D eigenvalue weighted by atomic mass is 9.92. The lowest BCUT2D eigenvalue weighted by molar-refractivity contribution is -0.0326. The van der Waals surface area contributed by atoms with Gasteiger partial charge in [-0.15, -0.1) is 5.06 Å². The number of hydrogen-bond acceptors (Lipinski definition) is 5. The molecule has 0 saturated carbocycles. The molecule has 0 saturated heterocycles. The van der Waals surface area contributed by atoms with E-state index in [0.29, 0.717) is 0 Å². The molecule has 0 bridgehead atoms. The maximum Gasteiger partial charge on any atom is 0.336 e. The second-order valence-electron chi connectivity index (χ2n) is 4.61. The first-order chi connectivity index (χ1) is 10.3. The number of hydrogen-bond donors (Lipinski definition) is 3. The van der Waals surface area contributed by atoms with Gasteiger partial charge in [0.05, 0.1) is 22.3 Å². The third-order valence-electron chi connectivity index (χ3n) is 3.45. The van der Waals surface area contributed by atoms with E-state index in [-0.39, 0.29) is 32.5 Å². The van der Waals surface area contributed by atoms with Crippen LogP contribution in [0.4, 0.5) is 0 Å². The van der Waals surface area contributed by atoms with Crippen LogP contribution < -0.4 is 0 Å². The molecule has 2 amide bonds. The number of carbonyl (C=O) groups excluding carboxylic acids is 2. The number of carbonyl (C=O) groups is 4. The van der Waals surface area contributed by atoms with E-state index in [1.807, 2.05) is 0 Å². The molecule has 0 unspecified atom stereocenters. The molecule has 0 aliphatic carbocycles. The Kier molecular flexibility index (Phi) is 2.72. The molecule has 110 valence electrons. The zero-order chi connectivity index (χ0) is 16.2. The van der Waals surface area contributed by atoms with E-state index < -0.39 is 29.3 Å². The first-order valence-electron chi connectivity index (χ1n) is 5.98. The summed E-state index contributed by atoms with van der Waals surface area (Å²) in [6, 6.07) is 4.76. The maximum atomic E-state index is 11.9. The average molecular weight is 301 g/mol. The standard InChI is InChI=1S/C14H7NO7/c16-11-7-4-8(14(20)21)9-5(10(7)12(17)15(11)22)2-1-3-6(9)13(18)19/h1-4,22H,(H,18,19)(H,20,21). The smallest absolute Gasteiger partial charge is 0.336 e. The van der Waals surface area contributed by atoms with E-state index in [4.69, 9.17) is 0 Å². The average Bonchev–Trinajstić information content (AvgIpc) is 2.70. The molecule has 8 heteroatoms. The van der Waals surface area contributed by atoms with Crippen molar-refractivity contribution in [3.05, 3.63) is 46.5 Å². The molecular weight excluding hydrogens is 294 g/mol. The van der Waals surface area contributed by atoms with Crippen LogP contribution in [0.2, 0.25) is 0 Å². The monoisotopic (exact) mass is 301 g/mol. The predicted molar refractivity (Wildman–Crippen MR) is 70.2 cm³/mol. The summed E-state index contributed by atoms with van der Waals surface area (Å²) in [5.74, 6) is -4.89. The van der Waals surface area contributed by atoms with Crippen molar-refractivity contribution in [1.29, 1.82) is 0 Å². The minimum Gasteiger partial charge on any atom is -0.478 e. The van der Waals surface area contributed by atoms with Crippen molar-refractivity contribution in [2.24, 2.45) is 0 Å². The largest absolute Gasteiger partial charge is 0.478 e. The van der Waals surface area contributed by atoms with Crippen LogP contribution >= 0.6 is 0 Å². The number of carboxylic acid groups (broad SMARTS) is 2. The zero-order valence-electron chi connectivity index (χ0n) is 10.7. The summed E-state index contributed by atoms with van der Waals surface area (Å²) in [6.45, 7) is 0. The lowest BCUT2D eigenvalue weighted by Crippen LogP contribution is -2.25. The Labute approximate surface area is 121 Å². The van der Waals surface area contributed by atoms with Crippen molar-refractivity contribution >= 4 is 34.5 Å². The lowest BCUT2D eigenvalue weighted by Gasteiger charge is -2.09. The first kappa shape index (κ1) is 13.7. The van der Waals surface area contributed by atoms with Gasteiger partial charge in [-0.1, -0.05) is 12.1 Å². The van der Waals surface area contributed by atoms with E-state index in [2.05, 4.69) is 0 Å². The van der Waals surface area contributed by atoms with Crippen molar-refractivity contribution in [1.82, 2.24) is 5.06 Å². The molecular formula is C14H7NO7. The topological polar surface area (TPSA) is 132 Å². The van der Waals surface area contributed by atoms with Crippen molar-refractivity contribution < 1.29 is 34.6 Å². The number of nitrogens with zero attached hydrogens (tertiary/aromatic N) is 1. The van der Waals surface area contributed by atoms with E-state index >= 15 is 0 Å². The number of aromatic carboxylic acids is 2. The Bertz CT molecular complexity index is 900. The van der Waals surface area contributed by atoms with E-state index in [9.17, 15) is 34.6 Å². The number of fused-ring (bicyclic) bond motifs is 3. The van der Waals surface area contributed by atoms with Crippen molar-refractivity contribution in [3.8, 4) is 0 Å². The number of hydroxylamine groups is 2. The van der Waals surface area contributed by atoms with Crippen LogP contribution in [0.15, 0.2) is 24.3 Å². The minimum absolute atomic E-state index is 0.00954. The van der Waals surface area contributed by atoms with Crippen LogP contribution in [-0.4, -0.2) is 44.2 Å². The minimum atomic E-state index is -1.45. The van der Waals surface area contributed by atoms with Crippen LogP contribution in [0.1, 0.15) is 41.4 Å². The predicted octanol–water partition coefficient (Wildman–Crippen LogP) is 1.22. The van der Waals surface area contributed by atoms with Gasteiger partial charge in [-0.25, -0.2) is 9.59 Å². The molecule has 0 radical (unpaired) electrons. The van der Waals surface area contributed by atoms with Crippen molar-refractivity contribution in [2.45, 2.75) is 0 Å². The Hall–Kier alpha value is -3.26. The molecule has 8 nitrogen and oxygen atoms in total. The molecule has 2 aromatic carbocycles. The Morgan fingerprint density at radius 3 is 2.18 bits per heavy atom. The van der Waals surface area contributed by atoms with Gasteiger partial charge in [0.15, 0.2) is 0 Å². The first-order valence-corrected chi connectivity index (χ1v) is 5.98. The fraction of sp³-hybridized carbons (Fsp3) is 0. The van der Waals surface area contributed by atoms with E-state index in [1.54, 1.807) is 0 Å². The SMILES string of the molecule is O=C(O)c1cccc2c3c(cc(C(=O)O)c12)C(=O)N(O)C3=O. The number of amides is 2. The van der Waals surface area contributed by atoms with Crippen LogP contribution in [-0.2, 0) is 0 Å². The molecule has 0 atom stereocenters. The van der Waals surface area contributed by atoms with Gasteiger partial charge in [-0.3, -0.25) is 14.8 Å². The van der Waals surface area contributed by atoms with Crippen LogP contribution in [0.5, 0.6) is 0 Å². The van der Waals surface area contributed by atoms with Gasteiger partial charge in [0, 0.05) is 5.39 Å². The highest BCUT2D eigenvalue weighted by atomic mass is 16.5. The molecule has 0 aromatic heterocycles. The van der Waals surface area contributed by atoms with Crippen LogP contribution in [0, 0.1) is 0 Å². The fourth-order valence-corrected chi connectivity index (χ4v) is 2.54. The maximum absolute atomic E-state index is 11.9. The summed E-state index contributed by atoms with van der Waals surface area (Å²) in [7, 11) is 0. The van der Waals surface area contributed by atoms with Gasteiger partial charge in [0.2, 0.25) is 0 Å². The van der Waals surface area contributed by atoms with Crippen molar-refractivity contribution in [2.75, 3.05) is 0 Å². The van der Waals surface area contributed by atoms with Gasteiger partial charge in [0.25, 0.3) is 11.8 Å². The Morgan fingerprint density at radius 1 is 0.955 bits per heavy atom. The molecule has 0 fully saturated rings. The summed E-state index contributed by atoms with van der Waals surface area (Å²) in [5.41, 5.74) is -1.23. The molecule has 1 aliphatic rings. The third kappa shape index (κ3) is 1.61. The number of rotatable bonds is 2. The third-order valence-corrected chi connectivity index (χ3v) is 3.45. The molecule has 22 heavy (non-hydrogen) atoms. The molecule has 0 spiro atoms. The van der Waals surface area contributed by atoms with Crippen molar-refractivity contribution in [3.63, 3.8) is 0 Å². The summed E-state index contributed by atoms with van der Waals surface area (Å²) >= 11 is 0. The van der Waals surface area contributed by atoms with Gasteiger partial charge in [-0.05, 0) is 17.5 Å². The van der Waals surface area contributed by atoms with Crippen LogP contribution in [0.3, 0.4) is 0 Å². The normalized spacial score (nSPS) is 13.6.